The number of primary amides is 1. The van der Waals surface area contributed by atoms with Crippen LogP contribution in [-0.2, 0) is 14.3 Å². The highest BCUT2D eigenvalue weighted by Crippen LogP contribution is 2.25. The lowest BCUT2D eigenvalue weighted by molar-refractivity contribution is -0.125. The highest BCUT2D eigenvalue weighted by atomic mass is 16.7. The van der Waals surface area contributed by atoms with E-state index in [1.165, 1.54) is 0 Å². The number of amides is 1. The van der Waals surface area contributed by atoms with Crippen LogP contribution in [0.25, 0.3) is 0 Å². The van der Waals surface area contributed by atoms with Crippen LogP contribution in [0.5, 0.6) is 0 Å². The quantitative estimate of drug-likeness (QED) is 0.657. The van der Waals surface area contributed by atoms with Crippen LogP contribution in [0.2, 0.25) is 0 Å². The van der Waals surface area contributed by atoms with Crippen molar-refractivity contribution < 1.29 is 14.3 Å². The molecule has 1 saturated carbocycles. The maximum Gasteiger partial charge on any atom is 0.220 e. The zero-order valence-electron chi connectivity index (χ0n) is 7.99. The van der Waals surface area contributed by atoms with Crippen LogP contribution < -0.4 is 5.73 Å². The van der Waals surface area contributed by atoms with E-state index in [1.54, 1.807) is 7.11 Å². The molecule has 1 amide bonds. The van der Waals surface area contributed by atoms with Gasteiger partial charge >= 0.3 is 0 Å². The summed E-state index contributed by atoms with van der Waals surface area (Å²) in [6.45, 7) is 0.339. The Balaban J connectivity index is 2.18. The zero-order valence-corrected chi connectivity index (χ0v) is 7.99. The van der Waals surface area contributed by atoms with Gasteiger partial charge in [-0.2, -0.15) is 0 Å². The van der Waals surface area contributed by atoms with Gasteiger partial charge in [-0.1, -0.05) is 0 Å². The number of carbonyl (C=O) groups is 1. The Labute approximate surface area is 78.4 Å². The fraction of sp³-hybridized carbons (Fsp3) is 0.889. The van der Waals surface area contributed by atoms with Crippen LogP contribution in [0, 0.1) is 5.92 Å². The maximum absolute atomic E-state index is 10.8. The van der Waals surface area contributed by atoms with Crippen LogP contribution in [0.15, 0.2) is 0 Å². The van der Waals surface area contributed by atoms with E-state index in [0.29, 0.717) is 6.79 Å². The number of rotatable bonds is 4. The molecular formula is C9H17NO3. The third-order valence-electron chi connectivity index (χ3n) is 2.50. The molecule has 0 aromatic heterocycles. The van der Waals surface area contributed by atoms with Crippen LogP contribution in [0.3, 0.4) is 0 Å². The predicted octanol–water partition coefficient (Wildman–Crippen LogP) is 0.651. The second-order valence-corrected chi connectivity index (χ2v) is 3.45. The minimum Gasteiger partial charge on any atom is -0.369 e. The Morgan fingerprint density at radius 2 is 2.00 bits per heavy atom. The van der Waals surface area contributed by atoms with E-state index < -0.39 is 0 Å². The average molecular weight is 187 g/mol. The van der Waals surface area contributed by atoms with Gasteiger partial charge in [0, 0.05) is 13.0 Å². The van der Waals surface area contributed by atoms with Crippen molar-refractivity contribution >= 4 is 5.91 Å². The zero-order chi connectivity index (χ0) is 9.68. The Hall–Kier alpha value is -0.610. The molecule has 2 N–H and O–H groups in total. The van der Waals surface area contributed by atoms with E-state index in [0.717, 1.165) is 25.7 Å². The molecule has 0 radical (unpaired) electrons. The number of carbonyl (C=O) groups excluding carboxylic acids is 1. The average Bonchev–Trinajstić information content (AvgIpc) is 2.15. The predicted molar refractivity (Wildman–Crippen MR) is 47.9 cm³/mol. The van der Waals surface area contributed by atoms with Gasteiger partial charge in [0.1, 0.15) is 6.79 Å². The lowest BCUT2D eigenvalue weighted by Gasteiger charge is -2.26. The van der Waals surface area contributed by atoms with Gasteiger partial charge in [0.25, 0.3) is 0 Å². The highest BCUT2D eigenvalue weighted by molar-refractivity contribution is 5.76. The summed E-state index contributed by atoms with van der Waals surface area (Å²) in [7, 11) is 1.61. The van der Waals surface area contributed by atoms with Crippen LogP contribution in [0.1, 0.15) is 25.7 Å². The first kappa shape index (κ1) is 10.5. The van der Waals surface area contributed by atoms with Gasteiger partial charge in [0.05, 0.1) is 6.10 Å². The topological polar surface area (TPSA) is 61.6 Å². The summed E-state index contributed by atoms with van der Waals surface area (Å²) in [5.74, 6) is -0.118. The minimum absolute atomic E-state index is 0.0578. The van der Waals surface area contributed by atoms with Crippen molar-refractivity contribution in [3.8, 4) is 0 Å². The first-order valence-electron chi connectivity index (χ1n) is 4.64. The fourth-order valence-electron chi connectivity index (χ4n) is 1.68. The standard InChI is InChI=1S/C9H17NO3/c1-12-6-13-8-4-2-7(3-5-8)9(10)11/h7-8H,2-6H2,1H3,(H2,10,11). The monoisotopic (exact) mass is 187 g/mol. The van der Waals surface area contributed by atoms with Gasteiger partial charge in [-0.25, -0.2) is 0 Å². The largest absolute Gasteiger partial charge is 0.369 e. The number of hydrogen-bond acceptors (Lipinski definition) is 3. The van der Waals surface area contributed by atoms with Crippen molar-refractivity contribution in [2.45, 2.75) is 31.8 Å². The Morgan fingerprint density at radius 1 is 1.38 bits per heavy atom. The first-order chi connectivity index (χ1) is 6.24. The molecule has 76 valence electrons. The molecule has 0 saturated heterocycles. The SMILES string of the molecule is COCOC1CCC(C(N)=O)CC1. The van der Waals surface area contributed by atoms with Gasteiger partial charge in [-0.05, 0) is 25.7 Å². The van der Waals surface area contributed by atoms with Crippen molar-refractivity contribution in [2.75, 3.05) is 13.9 Å². The summed E-state index contributed by atoms with van der Waals surface area (Å²) in [6.07, 6.45) is 3.78. The molecule has 0 aromatic rings. The van der Waals surface area contributed by atoms with Crippen molar-refractivity contribution in [3.63, 3.8) is 0 Å². The molecule has 0 aliphatic heterocycles. The normalized spacial score (nSPS) is 28.7. The van der Waals surface area contributed by atoms with Gasteiger partial charge in [0.2, 0.25) is 5.91 Å². The summed E-state index contributed by atoms with van der Waals surface area (Å²) in [5, 5.41) is 0. The third kappa shape index (κ3) is 3.32. The Kier molecular flexibility index (Phi) is 4.18. The lowest BCUT2D eigenvalue weighted by Crippen LogP contribution is -2.30. The molecule has 4 heteroatoms. The van der Waals surface area contributed by atoms with E-state index in [4.69, 9.17) is 15.2 Å². The summed E-state index contributed by atoms with van der Waals surface area (Å²) >= 11 is 0. The van der Waals surface area contributed by atoms with Crippen molar-refractivity contribution in [2.24, 2.45) is 11.7 Å². The lowest BCUT2D eigenvalue weighted by atomic mass is 9.87. The second-order valence-electron chi connectivity index (χ2n) is 3.45. The van der Waals surface area contributed by atoms with Crippen LogP contribution >= 0.6 is 0 Å². The highest BCUT2D eigenvalue weighted by Gasteiger charge is 2.24. The second kappa shape index (κ2) is 5.19. The number of methoxy groups -OCH3 is 1. The van der Waals surface area contributed by atoms with Gasteiger partial charge in [-0.3, -0.25) is 4.79 Å². The Morgan fingerprint density at radius 3 is 2.46 bits per heavy atom. The molecule has 13 heavy (non-hydrogen) atoms. The molecule has 1 aliphatic rings. The molecular weight excluding hydrogens is 170 g/mol. The molecule has 0 heterocycles. The van der Waals surface area contributed by atoms with Gasteiger partial charge in [-0.15, -0.1) is 0 Å². The van der Waals surface area contributed by atoms with Gasteiger partial charge < -0.3 is 15.2 Å². The number of hydrogen-bond donors (Lipinski definition) is 1. The number of nitrogens with two attached hydrogens (primary N) is 1. The summed E-state index contributed by atoms with van der Waals surface area (Å²) in [5.41, 5.74) is 5.21. The molecule has 1 aliphatic carbocycles. The fourth-order valence-corrected chi connectivity index (χ4v) is 1.68. The third-order valence-corrected chi connectivity index (χ3v) is 2.50. The minimum atomic E-state index is -0.176. The molecule has 1 fully saturated rings. The molecule has 0 aromatic carbocycles. The maximum atomic E-state index is 10.8. The molecule has 0 unspecified atom stereocenters. The molecule has 4 nitrogen and oxygen atoms in total. The van der Waals surface area contributed by atoms with E-state index in [9.17, 15) is 4.79 Å². The molecule has 0 spiro atoms. The van der Waals surface area contributed by atoms with E-state index in [2.05, 4.69) is 0 Å². The van der Waals surface area contributed by atoms with E-state index in [-0.39, 0.29) is 17.9 Å². The number of ether oxygens (including phenoxy) is 2. The van der Waals surface area contributed by atoms with Crippen molar-refractivity contribution in [3.05, 3.63) is 0 Å². The molecule has 0 atom stereocenters. The first-order valence-corrected chi connectivity index (χ1v) is 4.64. The van der Waals surface area contributed by atoms with Gasteiger partial charge in [0.15, 0.2) is 0 Å². The summed E-state index contributed by atoms with van der Waals surface area (Å²) in [6, 6.07) is 0. The molecule has 1 rings (SSSR count). The van der Waals surface area contributed by atoms with Crippen LogP contribution in [0.4, 0.5) is 0 Å². The Bertz CT molecular complexity index is 164. The van der Waals surface area contributed by atoms with Crippen molar-refractivity contribution in [1.29, 1.82) is 0 Å². The van der Waals surface area contributed by atoms with Crippen LogP contribution in [-0.4, -0.2) is 25.9 Å². The van der Waals surface area contributed by atoms with E-state index in [1.807, 2.05) is 0 Å². The summed E-state index contributed by atoms with van der Waals surface area (Å²) < 4.78 is 10.2. The smallest absolute Gasteiger partial charge is 0.220 e. The van der Waals surface area contributed by atoms with E-state index >= 15 is 0 Å². The van der Waals surface area contributed by atoms with Crippen molar-refractivity contribution in [1.82, 2.24) is 0 Å². The molecule has 0 bridgehead atoms. The summed E-state index contributed by atoms with van der Waals surface area (Å²) in [4.78, 5) is 10.8.